The molecule has 1 aromatic heterocycles. The Bertz CT molecular complexity index is 612. The van der Waals surface area contributed by atoms with Crippen molar-refractivity contribution in [3.05, 3.63) is 35.9 Å². The van der Waals surface area contributed by atoms with E-state index in [0.29, 0.717) is 12.1 Å². The van der Waals surface area contributed by atoms with Gasteiger partial charge in [0, 0.05) is 5.56 Å². The van der Waals surface area contributed by atoms with E-state index in [0.717, 1.165) is 12.8 Å². The van der Waals surface area contributed by atoms with Gasteiger partial charge in [0.15, 0.2) is 5.11 Å². The highest BCUT2D eigenvalue weighted by atomic mass is 32.1. The predicted octanol–water partition coefficient (Wildman–Crippen LogP) is 1.60. The van der Waals surface area contributed by atoms with Crippen LogP contribution in [0.25, 0.3) is 0 Å². The fourth-order valence-electron chi connectivity index (χ4n) is 1.59. The SMILES string of the molecule is CCCCn1nnc(NC(=S)NC(=O)c2ccccc2)n1. The molecule has 0 bridgehead atoms. The molecule has 0 aliphatic carbocycles. The Morgan fingerprint density at radius 2 is 2.10 bits per heavy atom. The third-order valence-electron chi connectivity index (χ3n) is 2.65. The number of aromatic nitrogens is 4. The van der Waals surface area contributed by atoms with Gasteiger partial charge >= 0.3 is 0 Å². The number of carbonyl (C=O) groups excluding carboxylic acids is 1. The second-order valence-corrected chi connectivity index (χ2v) is 4.75. The number of rotatable bonds is 5. The average molecular weight is 304 g/mol. The first-order valence-electron chi connectivity index (χ1n) is 6.64. The highest BCUT2D eigenvalue weighted by Gasteiger charge is 2.09. The molecule has 0 spiro atoms. The monoisotopic (exact) mass is 304 g/mol. The van der Waals surface area contributed by atoms with Gasteiger partial charge in [0.05, 0.1) is 6.54 Å². The van der Waals surface area contributed by atoms with Crippen molar-refractivity contribution in [2.24, 2.45) is 0 Å². The van der Waals surface area contributed by atoms with Crippen molar-refractivity contribution in [2.45, 2.75) is 26.3 Å². The number of thiocarbonyl (C=S) groups is 1. The summed E-state index contributed by atoms with van der Waals surface area (Å²) in [5.41, 5.74) is 0.529. The van der Waals surface area contributed by atoms with Gasteiger partial charge in [0.2, 0.25) is 0 Å². The molecule has 0 saturated heterocycles. The maximum atomic E-state index is 11.9. The van der Waals surface area contributed by atoms with Crippen LogP contribution < -0.4 is 10.6 Å². The number of nitrogens with zero attached hydrogens (tertiary/aromatic N) is 4. The van der Waals surface area contributed by atoms with E-state index < -0.39 is 0 Å². The molecule has 2 aromatic rings. The first-order valence-corrected chi connectivity index (χ1v) is 7.05. The number of aryl methyl sites for hydroxylation is 1. The number of benzene rings is 1. The summed E-state index contributed by atoms with van der Waals surface area (Å²) in [7, 11) is 0. The third-order valence-corrected chi connectivity index (χ3v) is 2.86. The van der Waals surface area contributed by atoms with Gasteiger partial charge in [0.25, 0.3) is 11.9 Å². The molecule has 2 rings (SSSR count). The zero-order valence-electron chi connectivity index (χ0n) is 11.6. The summed E-state index contributed by atoms with van der Waals surface area (Å²) in [6.45, 7) is 2.79. The van der Waals surface area contributed by atoms with E-state index in [1.54, 1.807) is 24.3 Å². The summed E-state index contributed by atoms with van der Waals surface area (Å²) < 4.78 is 0. The van der Waals surface area contributed by atoms with E-state index in [4.69, 9.17) is 12.2 Å². The quantitative estimate of drug-likeness (QED) is 0.816. The van der Waals surface area contributed by atoms with E-state index in [9.17, 15) is 4.79 Å². The van der Waals surface area contributed by atoms with Crippen molar-refractivity contribution in [1.29, 1.82) is 0 Å². The van der Waals surface area contributed by atoms with Crippen molar-refractivity contribution in [3.8, 4) is 0 Å². The Morgan fingerprint density at radius 1 is 1.33 bits per heavy atom. The number of anilines is 1. The molecule has 1 heterocycles. The molecule has 0 aliphatic rings. The molecular formula is C13H16N6OS. The smallest absolute Gasteiger partial charge is 0.269 e. The number of nitrogens with one attached hydrogen (secondary N) is 2. The molecule has 110 valence electrons. The van der Waals surface area contributed by atoms with Crippen LogP contribution in [-0.2, 0) is 6.54 Å². The van der Waals surface area contributed by atoms with Gasteiger partial charge in [-0.2, -0.15) is 4.80 Å². The summed E-state index contributed by atoms with van der Waals surface area (Å²) in [6.07, 6.45) is 2.03. The molecule has 2 N–H and O–H groups in total. The van der Waals surface area contributed by atoms with Gasteiger partial charge in [0.1, 0.15) is 0 Å². The topological polar surface area (TPSA) is 84.7 Å². The van der Waals surface area contributed by atoms with E-state index >= 15 is 0 Å². The lowest BCUT2D eigenvalue weighted by Crippen LogP contribution is -2.34. The fraction of sp³-hybridized carbons (Fsp3) is 0.308. The lowest BCUT2D eigenvalue weighted by atomic mass is 10.2. The van der Waals surface area contributed by atoms with Crippen LogP contribution in [0.4, 0.5) is 5.95 Å². The van der Waals surface area contributed by atoms with E-state index in [-0.39, 0.29) is 17.0 Å². The zero-order chi connectivity index (χ0) is 15.1. The van der Waals surface area contributed by atoms with Gasteiger partial charge in [-0.25, -0.2) is 0 Å². The second kappa shape index (κ2) is 7.44. The molecular weight excluding hydrogens is 288 g/mol. The van der Waals surface area contributed by atoms with Crippen molar-refractivity contribution in [1.82, 2.24) is 25.5 Å². The number of carbonyl (C=O) groups is 1. The van der Waals surface area contributed by atoms with Crippen LogP contribution in [0.15, 0.2) is 30.3 Å². The van der Waals surface area contributed by atoms with Gasteiger partial charge in [-0.3, -0.25) is 15.4 Å². The van der Waals surface area contributed by atoms with Crippen LogP contribution in [0, 0.1) is 0 Å². The van der Waals surface area contributed by atoms with Crippen LogP contribution in [0.3, 0.4) is 0 Å². The van der Waals surface area contributed by atoms with Crippen LogP contribution >= 0.6 is 12.2 Å². The van der Waals surface area contributed by atoms with Gasteiger partial charge in [-0.05, 0) is 36.0 Å². The van der Waals surface area contributed by atoms with Crippen molar-refractivity contribution in [2.75, 3.05) is 5.32 Å². The minimum absolute atomic E-state index is 0.138. The number of unbranched alkanes of at least 4 members (excludes halogenated alkanes) is 1. The average Bonchev–Trinajstić information content (AvgIpc) is 2.93. The van der Waals surface area contributed by atoms with Crippen molar-refractivity contribution < 1.29 is 4.79 Å². The second-order valence-electron chi connectivity index (χ2n) is 4.34. The van der Waals surface area contributed by atoms with Crippen molar-refractivity contribution >= 4 is 29.2 Å². The Balaban J connectivity index is 1.87. The number of tetrazole rings is 1. The summed E-state index contributed by atoms with van der Waals surface area (Å²) in [6, 6.07) is 8.82. The van der Waals surface area contributed by atoms with Gasteiger partial charge in [-0.15, -0.1) is 5.10 Å². The van der Waals surface area contributed by atoms with Crippen LogP contribution in [0.2, 0.25) is 0 Å². The Hall–Kier alpha value is -2.35. The van der Waals surface area contributed by atoms with Crippen LogP contribution in [0.1, 0.15) is 30.1 Å². The number of amides is 1. The number of hydrogen-bond donors (Lipinski definition) is 2. The molecule has 7 nitrogen and oxygen atoms in total. The molecule has 0 unspecified atom stereocenters. The minimum Gasteiger partial charge on any atom is -0.299 e. The molecule has 1 amide bonds. The maximum absolute atomic E-state index is 11.9. The summed E-state index contributed by atoms with van der Waals surface area (Å²) in [4.78, 5) is 13.4. The maximum Gasteiger partial charge on any atom is 0.269 e. The van der Waals surface area contributed by atoms with Crippen LogP contribution in [0.5, 0.6) is 0 Å². The highest BCUT2D eigenvalue weighted by Crippen LogP contribution is 1.99. The molecule has 0 aliphatic heterocycles. The third kappa shape index (κ3) is 4.60. The molecule has 21 heavy (non-hydrogen) atoms. The number of hydrogen-bond acceptors (Lipinski definition) is 5. The molecule has 0 atom stereocenters. The Morgan fingerprint density at radius 3 is 2.81 bits per heavy atom. The minimum atomic E-state index is -0.286. The summed E-state index contributed by atoms with van der Waals surface area (Å²) in [5, 5.41) is 17.3. The molecule has 0 radical (unpaired) electrons. The van der Waals surface area contributed by atoms with Crippen LogP contribution in [-0.4, -0.2) is 31.2 Å². The van der Waals surface area contributed by atoms with E-state index in [1.807, 2.05) is 6.07 Å². The summed E-state index contributed by atoms with van der Waals surface area (Å²) >= 11 is 5.05. The van der Waals surface area contributed by atoms with E-state index in [1.165, 1.54) is 4.80 Å². The van der Waals surface area contributed by atoms with Gasteiger partial charge in [-0.1, -0.05) is 36.6 Å². The van der Waals surface area contributed by atoms with Crippen molar-refractivity contribution in [3.63, 3.8) is 0 Å². The normalized spacial score (nSPS) is 10.1. The molecule has 0 saturated carbocycles. The zero-order valence-corrected chi connectivity index (χ0v) is 12.4. The molecule has 0 fully saturated rings. The fourth-order valence-corrected chi connectivity index (χ4v) is 1.77. The highest BCUT2D eigenvalue weighted by molar-refractivity contribution is 7.80. The van der Waals surface area contributed by atoms with Gasteiger partial charge < -0.3 is 0 Å². The Kier molecular flexibility index (Phi) is 5.33. The first-order chi connectivity index (χ1) is 10.2. The first kappa shape index (κ1) is 15.0. The molecule has 8 heteroatoms. The summed E-state index contributed by atoms with van der Waals surface area (Å²) in [5.74, 6) is -0.0176. The predicted molar refractivity (Wildman–Crippen MR) is 82.9 cm³/mol. The van der Waals surface area contributed by atoms with E-state index in [2.05, 4.69) is 33.0 Å². The molecule has 1 aromatic carbocycles. The lowest BCUT2D eigenvalue weighted by molar-refractivity contribution is 0.0977. The largest absolute Gasteiger partial charge is 0.299 e. The Labute approximate surface area is 127 Å². The lowest BCUT2D eigenvalue weighted by Gasteiger charge is -2.06. The standard InChI is InChI=1S/C13H16N6OS/c1-2-3-9-19-17-12(16-18-19)15-13(21)14-11(20)10-7-5-4-6-8-10/h4-8H,2-3,9H2,1H3,(H2,14,15,17,20,21).